The maximum absolute atomic E-state index is 13.5. The lowest BCUT2D eigenvalue weighted by molar-refractivity contribution is 0.137. The van der Waals surface area contributed by atoms with Crippen LogP contribution in [0.15, 0.2) is 36.4 Å². The van der Waals surface area contributed by atoms with Gasteiger partial charge in [0.05, 0.1) is 14.2 Å². The van der Waals surface area contributed by atoms with Gasteiger partial charge in [0, 0.05) is 23.9 Å². The van der Waals surface area contributed by atoms with Crippen LogP contribution in [0.25, 0.3) is 16.4 Å². The Morgan fingerprint density at radius 3 is 2.37 bits per heavy atom. The molecule has 0 unspecified atom stereocenters. The Kier molecular flexibility index (Phi) is 4.38. The summed E-state index contributed by atoms with van der Waals surface area (Å²) in [7, 11) is 3.22. The summed E-state index contributed by atoms with van der Waals surface area (Å²) in [5.41, 5.74) is 2.59. The average Bonchev–Trinajstić information content (AvgIpc) is 3.21. The van der Waals surface area contributed by atoms with Crippen LogP contribution in [-0.4, -0.2) is 40.6 Å². The fraction of sp³-hybridized carbons (Fsp3) is 0.286. The number of aromatic nitrogens is 4. The fourth-order valence-corrected chi connectivity index (χ4v) is 4.01. The molecule has 0 fully saturated rings. The molecule has 2 aromatic carbocycles. The molecule has 1 aliphatic heterocycles. The Labute approximate surface area is 170 Å². The lowest BCUT2D eigenvalue weighted by Crippen LogP contribution is -2.31. The van der Waals surface area contributed by atoms with E-state index in [1.54, 1.807) is 14.2 Å². The molecular weight excluding hydrogens is 392 g/mol. The van der Waals surface area contributed by atoms with Crippen LogP contribution in [0.5, 0.6) is 11.5 Å². The van der Waals surface area contributed by atoms with Crippen LogP contribution >= 0.6 is 0 Å². The number of rotatable bonds is 4. The number of ether oxygens (including phenoxy) is 2. The molecular formula is C21H19F2N5O2. The van der Waals surface area contributed by atoms with Gasteiger partial charge < -0.3 is 14.4 Å². The van der Waals surface area contributed by atoms with Crippen molar-refractivity contribution in [2.24, 2.45) is 0 Å². The molecule has 0 radical (unpaired) electrons. The van der Waals surface area contributed by atoms with Gasteiger partial charge in [0.2, 0.25) is 5.82 Å². The van der Waals surface area contributed by atoms with Crippen molar-refractivity contribution in [1.29, 1.82) is 0 Å². The molecule has 154 valence electrons. The van der Waals surface area contributed by atoms with E-state index in [2.05, 4.69) is 20.2 Å². The van der Waals surface area contributed by atoms with E-state index >= 15 is 0 Å². The predicted octanol–water partition coefficient (Wildman–Crippen LogP) is 3.80. The molecule has 0 aliphatic carbocycles. The zero-order chi connectivity index (χ0) is 20.8. The molecule has 0 bridgehead atoms. The number of hydrogen-bond acceptors (Lipinski definition) is 6. The van der Waals surface area contributed by atoms with Crippen LogP contribution in [-0.2, 0) is 13.0 Å². The standard InChI is InChI=1S/C21H19F2N5O2/c1-29-16-9-12-7-8-27(11-13(12)10-17(16)30-2)20-15-6-4-3-5-14(15)19-24-25-21(18(22)23)28(19)26-20/h3-6,9-10,18H,7-8,11H2,1-2H3. The molecule has 4 aromatic rings. The van der Waals surface area contributed by atoms with Crippen molar-refractivity contribution in [2.45, 2.75) is 19.4 Å². The minimum atomic E-state index is -2.76. The molecule has 0 atom stereocenters. The molecule has 0 N–H and O–H groups in total. The van der Waals surface area contributed by atoms with E-state index in [0.29, 0.717) is 36.1 Å². The maximum atomic E-state index is 13.5. The van der Waals surface area contributed by atoms with Crippen molar-refractivity contribution in [2.75, 3.05) is 25.7 Å². The van der Waals surface area contributed by atoms with Gasteiger partial charge in [0.25, 0.3) is 6.43 Å². The highest BCUT2D eigenvalue weighted by atomic mass is 19.3. The molecule has 1 aliphatic rings. The molecule has 0 amide bonds. The summed E-state index contributed by atoms with van der Waals surface area (Å²) < 4.78 is 38.9. The summed E-state index contributed by atoms with van der Waals surface area (Å²) in [6.07, 6.45) is -1.99. The highest BCUT2D eigenvalue weighted by molar-refractivity contribution is 6.00. The summed E-state index contributed by atoms with van der Waals surface area (Å²) >= 11 is 0. The van der Waals surface area contributed by atoms with E-state index in [-0.39, 0.29) is 0 Å². The number of halogens is 2. The van der Waals surface area contributed by atoms with Crippen LogP contribution in [0.2, 0.25) is 0 Å². The van der Waals surface area contributed by atoms with E-state index in [4.69, 9.17) is 9.47 Å². The topological polar surface area (TPSA) is 64.8 Å². The number of alkyl halides is 2. The number of fused-ring (bicyclic) bond motifs is 4. The summed E-state index contributed by atoms with van der Waals surface area (Å²) in [5.74, 6) is 1.52. The molecule has 30 heavy (non-hydrogen) atoms. The van der Waals surface area contributed by atoms with E-state index in [1.165, 1.54) is 5.56 Å². The zero-order valence-electron chi connectivity index (χ0n) is 16.5. The number of anilines is 1. The van der Waals surface area contributed by atoms with E-state index in [0.717, 1.165) is 27.3 Å². The first-order chi connectivity index (χ1) is 14.6. The van der Waals surface area contributed by atoms with E-state index < -0.39 is 12.2 Å². The van der Waals surface area contributed by atoms with Gasteiger partial charge in [0.1, 0.15) is 0 Å². The SMILES string of the molecule is COc1cc2c(cc1OC)CN(c1nn3c(C(F)F)nnc3c3ccccc13)CC2. The third-order valence-electron chi connectivity index (χ3n) is 5.48. The van der Waals surface area contributed by atoms with Gasteiger partial charge in [-0.3, -0.25) is 0 Å². The van der Waals surface area contributed by atoms with Crippen molar-refractivity contribution in [3.8, 4) is 11.5 Å². The van der Waals surface area contributed by atoms with Gasteiger partial charge >= 0.3 is 0 Å². The first-order valence-electron chi connectivity index (χ1n) is 9.51. The Morgan fingerprint density at radius 2 is 1.67 bits per heavy atom. The largest absolute Gasteiger partial charge is 0.493 e. The van der Waals surface area contributed by atoms with Crippen LogP contribution in [0, 0.1) is 0 Å². The summed E-state index contributed by atoms with van der Waals surface area (Å²) in [4.78, 5) is 2.09. The Bertz CT molecular complexity index is 1260. The second-order valence-corrected chi connectivity index (χ2v) is 7.11. The first kappa shape index (κ1) is 18.5. The van der Waals surface area contributed by atoms with Crippen LogP contribution in [0.1, 0.15) is 23.4 Å². The first-order valence-corrected chi connectivity index (χ1v) is 9.51. The molecule has 0 saturated carbocycles. The van der Waals surface area contributed by atoms with Gasteiger partial charge in [-0.1, -0.05) is 24.3 Å². The van der Waals surface area contributed by atoms with Gasteiger partial charge in [-0.05, 0) is 29.7 Å². The smallest absolute Gasteiger partial charge is 0.299 e. The number of benzene rings is 2. The average molecular weight is 411 g/mol. The van der Waals surface area contributed by atoms with Crippen LogP contribution in [0.3, 0.4) is 0 Å². The molecule has 9 heteroatoms. The Morgan fingerprint density at radius 1 is 0.967 bits per heavy atom. The van der Waals surface area contributed by atoms with Crippen molar-refractivity contribution in [3.63, 3.8) is 0 Å². The van der Waals surface area contributed by atoms with Crippen molar-refractivity contribution >= 4 is 22.2 Å². The second-order valence-electron chi connectivity index (χ2n) is 7.11. The van der Waals surface area contributed by atoms with E-state index in [1.807, 2.05) is 36.4 Å². The van der Waals surface area contributed by atoms with Gasteiger partial charge in [-0.25, -0.2) is 8.78 Å². The molecule has 7 nitrogen and oxygen atoms in total. The molecule has 3 heterocycles. The fourth-order valence-electron chi connectivity index (χ4n) is 4.01. The lowest BCUT2D eigenvalue weighted by Gasteiger charge is -2.31. The molecule has 5 rings (SSSR count). The Hall–Kier alpha value is -3.49. The predicted molar refractivity (Wildman–Crippen MR) is 108 cm³/mol. The number of methoxy groups -OCH3 is 2. The highest BCUT2D eigenvalue weighted by Gasteiger charge is 2.25. The summed E-state index contributed by atoms with van der Waals surface area (Å²) in [5, 5.41) is 13.7. The Balaban J connectivity index is 1.65. The molecule has 2 aromatic heterocycles. The summed E-state index contributed by atoms with van der Waals surface area (Å²) in [6.45, 7) is 1.27. The van der Waals surface area contributed by atoms with Gasteiger partial charge in [0.15, 0.2) is 23.0 Å². The van der Waals surface area contributed by atoms with Crippen molar-refractivity contribution < 1.29 is 18.3 Å². The van der Waals surface area contributed by atoms with E-state index in [9.17, 15) is 8.78 Å². The third kappa shape index (κ3) is 2.80. The lowest BCUT2D eigenvalue weighted by atomic mass is 9.98. The minimum Gasteiger partial charge on any atom is -0.493 e. The quantitative estimate of drug-likeness (QED) is 0.509. The van der Waals surface area contributed by atoms with Crippen molar-refractivity contribution in [3.05, 3.63) is 53.3 Å². The highest BCUT2D eigenvalue weighted by Crippen LogP contribution is 2.36. The minimum absolute atomic E-state index is 0.327. The monoisotopic (exact) mass is 411 g/mol. The number of hydrogen-bond donors (Lipinski definition) is 0. The van der Waals surface area contributed by atoms with Gasteiger partial charge in [-0.2, -0.15) is 4.52 Å². The second kappa shape index (κ2) is 7.08. The van der Waals surface area contributed by atoms with Crippen LogP contribution < -0.4 is 14.4 Å². The van der Waals surface area contributed by atoms with Gasteiger partial charge in [-0.15, -0.1) is 15.3 Å². The van der Waals surface area contributed by atoms with Crippen LogP contribution in [0.4, 0.5) is 14.6 Å². The third-order valence-corrected chi connectivity index (χ3v) is 5.48. The maximum Gasteiger partial charge on any atom is 0.299 e. The number of nitrogens with zero attached hydrogens (tertiary/aromatic N) is 5. The molecule has 0 saturated heterocycles. The zero-order valence-corrected chi connectivity index (χ0v) is 16.5. The molecule has 0 spiro atoms. The normalized spacial score (nSPS) is 13.8. The summed E-state index contributed by atoms with van der Waals surface area (Å²) in [6, 6.07) is 11.5. The van der Waals surface area contributed by atoms with Crippen molar-refractivity contribution in [1.82, 2.24) is 19.8 Å².